The first-order chi connectivity index (χ1) is 7.69. The third kappa shape index (κ3) is 3.13. The van der Waals surface area contributed by atoms with Gasteiger partial charge in [0.1, 0.15) is 6.29 Å². The van der Waals surface area contributed by atoms with Gasteiger partial charge in [-0.15, -0.1) is 11.3 Å². The van der Waals surface area contributed by atoms with Crippen molar-refractivity contribution >= 4 is 35.5 Å². The number of thiophene rings is 1. The van der Waals surface area contributed by atoms with E-state index in [0.29, 0.717) is 11.2 Å². The van der Waals surface area contributed by atoms with Gasteiger partial charge in [-0.1, -0.05) is 0 Å². The van der Waals surface area contributed by atoms with Crippen LogP contribution in [0.4, 0.5) is 0 Å². The zero-order valence-electron chi connectivity index (χ0n) is 8.64. The number of ether oxygens (including phenoxy) is 1. The highest BCUT2D eigenvalue weighted by Gasteiger charge is 2.18. The summed E-state index contributed by atoms with van der Waals surface area (Å²) in [6.07, 6.45) is 3.54. The predicted octanol–water partition coefficient (Wildman–Crippen LogP) is 1.71. The number of aldehydes is 1. The summed E-state index contributed by atoms with van der Waals surface area (Å²) in [5.41, 5.74) is 0. The molecule has 0 atom stereocenters. The molecule has 0 saturated heterocycles. The second-order valence-corrected chi connectivity index (χ2v) is 3.86. The third-order valence-electron chi connectivity index (χ3n) is 1.65. The zero-order valence-corrected chi connectivity index (χ0v) is 9.45. The Labute approximate surface area is 96.5 Å². The maximum atomic E-state index is 11.5. The van der Waals surface area contributed by atoms with Crippen molar-refractivity contribution in [2.75, 3.05) is 6.61 Å². The first kappa shape index (κ1) is 12.3. The Morgan fingerprint density at radius 3 is 2.81 bits per heavy atom. The van der Waals surface area contributed by atoms with Gasteiger partial charge in [0.25, 0.3) is 5.78 Å². The monoisotopic (exact) mass is 238 g/mol. The molecule has 84 valence electrons. The summed E-state index contributed by atoms with van der Waals surface area (Å²) in [6, 6.07) is 3.20. The molecule has 1 aromatic rings. The number of allylic oxidation sites excluding steroid dienone is 1. The van der Waals surface area contributed by atoms with Crippen LogP contribution in [0.1, 0.15) is 21.5 Å². The highest BCUT2D eigenvalue weighted by molar-refractivity contribution is 7.15. The van der Waals surface area contributed by atoms with Crippen molar-refractivity contribution in [1.29, 1.82) is 0 Å². The van der Waals surface area contributed by atoms with E-state index in [2.05, 4.69) is 4.74 Å². The SMILES string of the molecule is CCOC(=O)C(=O)c1ccc(C=CC=O)s1. The number of hydrogen-bond acceptors (Lipinski definition) is 5. The Kier molecular flexibility index (Phi) is 4.60. The maximum absolute atomic E-state index is 11.5. The van der Waals surface area contributed by atoms with Crippen LogP contribution in [0.3, 0.4) is 0 Å². The molecule has 0 aliphatic rings. The standard InChI is InChI=1S/C11H10O4S/c1-2-15-11(14)10(13)9-6-5-8(16-9)4-3-7-12/h3-7H,2H2,1H3. The molecule has 0 radical (unpaired) electrons. The lowest BCUT2D eigenvalue weighted by Gasteiger charge is -1.97. The number of rotatable bonds is 5. The van der Waals surface area contributed by atoms with E-state index in [1.54, 1.807) is 19.1 Å². The average Bonchev–Trinajstić information content (AvgIpc) is 2.74. The second kappa shape index (κ2) is 5.97. The predicted molar refractivity (Wildman–Crippen MR) is 60.4 cm³/mol. The Morgan fingerprint density at radius 1 is 1.44 bits per heavy atom. The van der Waals surface area contributed by atoms with Gasteiger partial charge in [0.05, 0.1) is 11.5 Å². The summed E-state index contributed by atoms with van der Waals surface area (Å²) in [6.45, 7) is 1.81. The van der Waals surface area contributed by atoms with Crippen LogP contribution in [0.2, 0.25) is 0 Å². The van der Waals surface area contributed by atoms with Gasteiger partial charge in [-0.2, -0.15) is 0 Å². The minimum atomic E-state index is -0.852. The Morgan fingerprint density at radius 2 is 2.19 bits per heavy atom. The van der Waals surface area contributed by atoms with Gasteiger partial charge < -0.3 is 4.74 Å². The molecule has 0 aromatic carbocycles. The van der Waals surface area contributed by atoms with E-state index >= 15 is 0 Å². The number of Topliss-reactive ketones (excluding diaryl/α,β-unsaturated/α-hetero) is 1. The minimum Gasteiger partial charge on any atom is -0.460 e. The molecule has 0 N–H and O–H groups in total. The lowest BCUT2D eigenvalue weighted by Crippen LogP contribution is -2.16. The summed E-state index contributed by atoms with van der Waals surface area (Å²) in [4.78, 5) is 33.7. The van der Waals surface area contributed by atoms with Gasteiger partial charge in [0.2, 0.25) is 0 Å². The first-order valence-electron chi connectivity index (χ1n) is 4.62. The van der Waals surface area contributed by atoms with Crippen LogP contribution < -0.4 is 0 Å². The average molecular weight is 238 g/mol. The van der Waals surface area contributed by atoms with Crippen LogP contribution in [-0.2, 0) is 14.3 Å². The summed E-state index contributed by atoms with van der Waals surface area (Å²) in [5.74, 6) is -1.51. The lowest BCUT2D eigenvalue weighted by molar-refractivity contribution is -0.137. The van der Waals surface area contributed by atoms with E-state index < -0.39 is 11.8 Å². The van der Waals surface area contributed by atoms with E-state index in [9.17, 15) is 14.4 Å². The van der Waals surface area contributed by atoms with E-state index in [0.717, 1.165) is 16.2 Å². The number of hydrogen-bond donors (Lipinski definition) is 0. The molecule has 16 heavy (non-hydrogen) atoms. The molecule has 0 bridgehead atoms. The molecule has 1 heterocycles. The van der Waals surface area contributed by atoms with Gasteiger partial charge in [0.15, 0.2) is 0 Å². The van der Waals surface area contributed by atoms with Gasteiger partial charge in [-0.3, -0.25) is 9.59 Å². The molecule has 0 saturated carbocycles. The summed E-state index contributed by atoms with van der Waals surface area (Å²) < 4.78 is 4.59. The fraction of sp³-hybridized carbons (Fsp3) is 0.182. The number of esters is 1. The Balaban J connectivity index is 2.77. The number of carbonyl (C=O) groups excluding carboxylic acids is 3. The third-order valence-corrected chi connectivity index (χ3v) is 2.70. The second-order valence-electron chi connectivity index (χ2n) is 2.75. The van der Waals surface area contributed by atoms with Crippen molar-refractivity contribution in [1.82, 2.24) is 0 Å². The molecule has 1 aromatic heterocycles. The topological polar surface area (TPSA) is 60.4 Å². The minimum absolute atomic E-state index is 0.174. The fourth-order valence-corrected chi connectivity index (χ4v) is 1.84. The van der Waals surface area contributed by atoms with Gasteiger partial charge in [-0.25, -0.2) is 4.79 Å². The molecular weight excluding hydrogens is 228 g/mol. The molecule has 0 amide bonds. The van der Waals surface area contributed by atoms with Crippen LogP contribution >= 0.6 is 11.3 Å². The smallest absolute Gasteiger partial charge is 0.380 e. The molecule has 0 aliphatic heterocycles. The van der Waals surface area contributed by atoms with Gasteiger partial charge in [0, 0.05) is 4.88 Å². The molecular formula is C11H10O4S. The van der Waals surface area contributed by atoms with Crippen LogP contribution in [0.15, 0.2) is 18.2 Å². The molecule has 0 aliphatic carbocycles. The maximum Gasteiger partial charge on any atom is 0.380 e. The van der Waals surface area contributed by atoms with E-state index in [4.69, 9.17) is 0 Å². The van der Waals surface area contributed by atoms with Crippen LogP contribution in [0.25, 0.3) is 6.08 Å². The Bertz CT molecular complexity index is 431. The van der Waals surface area contributed by atoms with Crippen molar-refractivity contribution in [2.45, 2.75) is 6.92 Å². The van der Waals surface area contributed by atoms with Crippen molar-refractivity contribution in [3.8, 4) is 0 Å². The number of ketones is 1. The van der Waals surface area contributed by atoms with Crippen molar-refractivity contribution in [2.24, 2.45) is 0 Å². The molecule has 1 rings (SSSR count). The van der Waals surface area contributed by atoms with Crippen LogP contribution in [0, 0.1) is 0 Å². The molecule has 0 unspecified atom stereocenters. The van der Waals surface area contributed by atoms with Crippen molar-refractivity contribution in [3.63, 3.8) is 0 Å². The first-order valence-corrected chi connectivity index (χ1v) is 5.43. The Hall–Kier alpha value is -1.75. The zero-order chi connectivity index (χ0) is 12.0. The summed E-state index contributed by atoms with van der Waals surface area (Å²) in [5, 5.41) is 0. The largest absolute Gasteiger partial charge is 0.460 e. The molecule has 5 heteroatoms. The number of carbonyl (C=O) groups is 3. The van der Waals surface area contributed by atoms with E-state index in [-0.39, 0.29) is 6.61 Å². The highest BCUT2D eigenvalue weighted by Crippen LogP contribution is 2.18. The molecule has 0 spiro atoms. The van der Waals surface area contributed by atoms with Gasteiger partial charge >= 0.3 is 5.97 Å². The normalized spacial score (nSPS) is 10.3. The fourth-order valence-electron chi connectivity index (χ4n) is 0.996. The molecule has 4 nitrogen and oxygen atoms in total. The lowest BCUT2D eigenvalue weighted by atomic mass is 10.3. The summed E-state index contributed by atoms with van der Waals surface area (Å²) >= 11 is 1.14. The van der Waals surface area contributed by atoms with E-state index in [1.807, 2.05) is 0 Å². The summed E-state index contributed by atoms with van der Waals surface area (Å²) in [7, 11) is 0. The van der Waals surface area contributed by atoms with Crippen molar-refractivity contribution in [3.05, 3.63) is 28.0 Å². The quantitative estimate of drug-likeness (QED) is 0.257. The van der Waals surface area contributed by atoms with Crippen LogP contribution in [0.5, 0.6) is 0 Å². The van der Waals surface area contributed by atoms with Crippen LogP contribution in [-0.4, -0.2) is 24.6 Å². The molecule has 0 fully saturated rings. The highest BCUT2D eigenvalue weighted by atomic mass is 32.1. The van der Waals surface area contributed by atoms with E-state index in [1.165, 1.54) is 12.1 Å². The van der Waals surface area contributed by atoms with Gasteiger partial charge in [-0.05, 0) is 31.2 Å². The van der Waals surface area contributed by atoms with Crippen molar-refractivity contribution < 1.29 is 19.1 Å².